The number of nitrogens with two attached hydrogens (primary N) is 2. The topological polar surface area (TPSA) is 98.2 Å². The fourth-order valence-electron chi connectivity index (χ4n) is 2.90. The van der Waals surface area contributed by atoms with Gasteiger partial charge in [-0.05, 0) is 24.2 Å². The number of hydrogen-bond acceptors (Lipinski definition) is 3. The van der Waals surface area contributed by atoms with E-state index in [-0.39, 0.29) is 23.2 Å². The minimum atomic E-state index is -0.718. The Bertz CT molecular complexity index is 320. The Balaban J connectivity index is 0.000000373. The van der Waals surface area contributed by atoms with E-state index in [9.17, 15) is 9.59 Å². The lowest BCUT2D eigenvalue weighted by Crippen LogP contribution is -2.34. The maximum Gasteiger partial charge on any atom is 0.326 e. The van der Waals surface area contributed by atoms with Gasteiger partial charge in [0, 0.05) is 11.8 Å². The third-order valence-corrected chi connectivity index (χ3v) is 4.63. The summed E-state index contributed by atoms with van der Waals surface area (Å²) in [6.45, 7) is 6.67. The van der Waals surface area contributed by atoms with Crippen LogP contribution in [0.4, 0.5) is 4.79 Å². The Labute approximate surface area is 108 Å². The number of carbonyl (C=O) groups excluding carboxylic acids is 2. The van der Waals surface area contributed by atoms with Gasteiger partial charge in [-0.1, -0.05) is 20.8 Å². The van der Waals surface area contributed by atoms with Gasteiger partial charge in [0.15, 0.2) is 0 Å². The van der Waals surface area contributed by atoms with Gasteiger partial charge in [0.2, 0.25) is 0 Å². The number of fused-ring (bicyclic) bond motifs is 2. The summed E-state index contributed by atoms with van der Waals surface area (Å²) >= 11 is 0. The highest BCUT2D eigenvalue weighted by Gasteiger charge is 2.61. The highest BCUT2D eigenvalue weighted by atomic mass is 35.5. The molecule has 100 valence electrons. The van der Waals surface area contributed by atoms with E-state index in [1.54, 1.807) is 5.43 Å². The first-order valence-electron chi connectivity index (χ1n) is 5.55. The van der Waals surface area contributed by atoms with Crippen LogP contribution in [0.1, 0.15) is 40.0 Å². The molecule has 2 aliphatic carbocycles. The van der Waals surface area contributed by atoms with E-state index in [0.717, 1.165) is 12.8 Å². The van der Waals surface area contributed by atoms with Crippen molar-refractivity contribution in [3.8, 4) is 0 Å². The highest BCUT2D eigenvalue weighted by Crippen LogP contribution is 2.63. The molecule has 2 bridgehead atoms. The van der Waals surface area contributed by atoms with Crippen LogP contribution < -0.4 is 17.0 Å². The van der Waals surface area contributed by atoms with Crippen LogP contribution in [0.3, 0.4) is 0 Å². The van der Waals surface area contributed by atoms with Crippen molar-refractivity contribution in [3.63, 3.8) is 0 Å². The van der Waals surface area contributed by atoms with Crippen molar-refractivity contribution < 1.29 is 9.59 Å². The summed E-state index contributed by atoms with van der Waals surface area (Å²) in [5.41, 5.74) is 6.39. The lowest BCUT2D eigenvalue weighted by atomic mass is 9.70. The monoisotopic (exact) mass is 263 g/mol. The van der Waals surface area contributed by atoms with E-state index in [1.165, 1.54) is 6.42 Å². The van der Waals surface area contributed by atoms with Crippen molar-refractivity contribution in [1.82, 2.24) is 5.43 Å². The molecule has 2 atom stereocenters. The summed E-state index contributed by atoms with van der Waals surface area (Å²) in [6.07, 6.45) is 3.25. The van der Waals surface area contributed by atoms with Crippen LogP contribution in [0.15, 0.2) is 0 Å². The molecule has 6 heteroatoms. The largest absolute Gasteiger partial charge is 0.351 e. The van der Waals surface area contributed by atoms with Crippen LogP contribution in [0, 0.1) is 16.7 Å². The first kappa shape index (κ1) is 16.2. The summed E-state index contributed by atoms with van der Waals surface area (Å²) in [5.74, 6) is 5.64. The number of rotatable bonds is 0. The van der Waals surface area contributed by atoms with Crippen LogP contribution in [0.5, 0.6) is 0 Å². The molecule has 2 aliphatic rings. The fourth-order valence-corrected chi connectivity index (χ4v) is 2.90. The van der Waals surface area contributed by atoms with Crippen molar-refractivity contribution in [2.24, 2.45) is 28.3 Å². The molecule has 5 N–H and O–H groups in total. The lowest BCUT2D eigenvalue weighted by molar-refractivity contribution is -0.128. The fraction of sp³-hybridized carbons (Fsp3) is 0.818. The molecule has 2 saturated carbocycles. The Kier molecular flexibility index (Phi) is 4.98. The number of ketones is 1. The molecule has 0 spiro atoms. The smallest absolute Gasteiger partial charge is 0.326 e. The molecule has 0 saturated heterocycles. The maximum absolute atomic E-state index is 11.6. The number of amides is 2. The zero-order valence-electron chi connectivity index (χ0n) is 10.6. The number of halogens is 1. The molecule has 2 fully saturated rings. The van der Waals surface area contributed by atoms with Gasteiger partial charge < -0.3 is 5.73 Å². The average Bonchev–Trinajstić information content (AvgIpc) is 2.51. The third-order valence-electron chi connectivity index (χ3n) is 4.63. The Morgan fingerprint density at radius 1 is 1.41 bits per heavy atom. The van der Waals surface area contributed by atoms with Crippen LogP contribution in [-0.2, 0) is 4.79 Å². The van der Waals surface area contributed by atoms with Crippen molar-refractivity contribution in [1.29, 1.82) is 0 Å². The van der Waals surface area contributed by atoms with E-state index in [4.69, 9.17) is 0 Å². The van der Waals surface area contributed by atoms with Crippen molar-refractivity contribution >= 4 is 24.2 Å². The molecular formula is C11H22ClN3O2. The predicted molar refractivity (Wildman–Crippen MR) is 68.4 cm³/mol. The number of nitrogens with one attached hydrogen (secondary N) is 1. The van der Waals surface area contributed by atoms with E-state index >= 15 is 0 Å². The highest BCUT2D eigenvalue weighted by molar-refractivity contribution is 5.89. The van der Waals surface area contributed by atoms with Gasteiger partial charge in [0.05, 0.1) is 0 Å². The summed E-state index contributed by atoms with van der Waals surface area (Å²) in [4.78, 5) is 20.9. The second-order valence-corrected chi connectivity index (χ2v) is 5.43. The normalized spacial score (nSPS) is 32.2. The molecule has 0 aromatic rings. The van der Waals surface area contributed by atoms with Crippen LogP contribution in [0.2, 0.25) is 0 Å². The van der Waals surface area contributed by atoms with Gasteiger partial charge >= 0.3 is 6.03 Å². The second-order valence-electron chi connectivity index (χ2n) is 5.43. The number of hydrazine groups is 1. The second kappa shape index (κ2) is 5.23. The summed E-state index contributed by atoms with van der Waals surface area (Å²) in [7, 11) is 0. The molecule has 2 rings (SSSR count). The van der Waals surface area contributed by atoms with E-state index in [1.807, 2.05) is 0 Å². The van der Waals surface area contributed by atoms with Crippen LogP contribution in [0.25, 0.3) is 0 Å². The predicted octanol–water partition coefficient (Wildman–Crippen LogP) is 1.35. The lowest BCUT2D eigenvalue weighted by Gasteiger charge is -2.32. The standard InChI is InChI=1S/C10H16O.CH5N3O.ClH/c1-9(2)7-4-5-10(9,3)8(11)6-7;2-1(5)4-3;/h7H,4-6H2,1-3H3;3H2,(H3,2,4,5);1H. The van der Waals surface area contributed by atoms with E-state index in [0.29, 0.717) is 11.7 Å². The van der Waals surface area contributed by atoms with Gasteiger partial charge in [-0.2, -0.15) is 0 Å². The summed E-state index contributed by atoms with van der Waals surface area (Å²) < 4.78 is 0. The molecule has 0 heterocycles. The van der Waals surface area contributed by atoms with Gasteiger partial charge in [0.1, 0.15) is 5.78 Å². The minimum absolute atomic E-state index is 0. The van der Waals surface area contributed by atoms with E-state index in [2.05, 4.69) is 32.3 Å². The Hall–Kier alpha value is -0.810. The van der Waals surface area contributed by atoms with Crippen molar-refractivity contribution in [2.75, 3.05) is 0 Å². The number of primary amides is 1. The van der Waals surface area contributed by atoms with Gasteiger partial charge in [-0.15, -0.1) is 12.4 Å². The molecular weight excluding hydrogens is 242 g/mol. The maximum atomic E-state index is 11.6. The van der Waals surface area contributed by atoms with Gasteiger partial charge in [-0.3, -0.25) is 10.2 Å². The first-order valence-corrected chi connectivity index (χ1v) is 5.55. The quantitative estimate of drug-likeness (QED) is 0.349. The number of hydrogen-bond donors (Lipinski definition) is 3. The molecule has 0 aromatic heterocycles. The van der Waals surface area contributed by atoms with Crippen molar-refractivity contribution in [3.05, 3.63) is 0 Å². The van der Waals surface area contributed by atoms with Gasteiger partial charge in [0.25, 0.3) is 0 Å². The molecule has 2 amide bonds. The summed E-state index contributed by atoms with van der Waals surface area (Å²) in [6, 6.07) is -0.718. The molecule has 17 heavy (non-hydrogen) atoms. The zero-order chi connectivity index (χ0) is 12.6. The number of urea groups is 1. The third kappa shape index (κ3) is 2.55. The molecule has 0 aromatic carbocycles. The minimum Gasteiger partial charge on any atom is -0.351 e. The molecule has 0 radical (unpaired) electrons. The number of carbonyl (C=O) groups is 2. The van der Waals surface area contributed by atoms with Crippen LogP contribution >= 0.6 is 12.4 Å². The number of Topliss-reactive ketones (excluding diaryl/α,β-unsaturated/α-hetero) is 1. The summed E-state index contributed by atoms with van der Waals surface area (Å²) in [5, 5.41) is 0. The van der Waals surface area contributed by atoms with Gasteiger partial charge in [-0.25, -0.2) is 10.6 Å². The Morgan fingerprint density at radius 3 is 2.00 bits per heavy atom. The van der Waals surface area contributed by atoms with Crippen molar-refractivity contribution in [2.45, 2.75) is 40.0 Å². The first-order chi connectivity index (χ1) is 7.25. The molecule has 0 aliphatic heterocycles. The SMILES string of the molecule is CC12CCC(CC1=O)C2(C)C.Cl.NNC(N)=O. The van der Waals surface area contributed by atoms with E-state index < -0.39 is 6.03 Å². The Morgan fingerprint density at radius 2 is 1.88 bits per heavy atom. The zero-order valence-corrected chi connectivity index (χ0v) is 11.4. The van der Waals surface area contributed by atoms with Crippen LogP contribution in [-0.4, -0.2) is 11.8 Å². The molecule has 5 nitrogen and oxygen atoms in total. The average molecular weight is 264 g/mol. The molecule has 2 unspecified atom stereocenters.